The van der Waals surface area contributed by atoms with E-state index >= 15 is 0 Å². The number of anilines is 1. The zero-order chi connectivity index (χ0) is 22.8. The van der Waals surface area contributed by atoms with Gasteiger partial charge >= 0.3 is 12.2 Å². The molecule has 0 bridgehead atoms. The summed E-state index contributed by atoms with van der Waals surface area (Å²) < 4.78 is 40.2. The Hall–Kier alpha value is -2.96. The Labute approximate surface area is 179 Å². The largest absolute Gasteiger partial charge is 0.417 e. The molecule has 168 valence electrons. The molecule has 2 N–H and O–H groups in total. The monoisotopic (exact) mass is 437 g/mol. The molecular weight excluding hydrogens is 411 g/mol. The van der Waals surface area contributed by atoms with Crippen LogP contribution in [-0.4, -0.2) is 56.6 Å². The molecule has 1 unspecified atom stereocenters. The molecule has 2 fully saturated rings. The molecule has 2 heterocycles. The Morgan fingerprint density at radius 2 is 1.97 bits per heavy atom. The normalized spacial score (nSPS) is 20.5. The Bertz CT molecular complexity index is 888. The van der Waals surface area contributed by atoms with Crippen molar-refractivity contribution in [2.45, 2.75) is 25.9 Å². The molecular formula is C21H26F3N5O2. The Kier molecular flexibility index (Phi) is 6.34. The highest BCUT2D eigenvalue weighted by Gasteiger charge is 2.51. The lowest BCUT2D eigenvalue weighted by atomic mass is 9.70. The third-order valence-corrected chi connectivity index (χ3v) is 6.38. The van der Waals surface area contributed by atoms with Crippen LogP contribution in [-0.2, 0) is 11.0 Å². The predicted octanol–water partition coefficient (Wildman–Crippen LogP) is 2.57. The number of carbonyl (C=O) groups excluding carboxylic acids is 2. The summed E-state index contributed by atoms with van der Waals surface area (Å²) in [5.41, 5.74) is -1.50. The van der Waals surface area contributed by atoms with Gasteiger partial charge in [0.1, 0.15) is 0 Å². The van der Waals surface area contributed by atoms with Crippen LogP contribution in [0.5, 0.6) is 0 Å². The number of nitriles is 1. The van der Waals surface area contributed by atoms with Crippen LogP contribution in [0.25, 0.3) is 0 Å². The summed E-state index contributed by atoms with van der Waals surface area (Å²) in [6.45, 7) is 4.02. The fourth-order valence-corrected chi connectivity index (χ4v) is 4.69. The van der Waals surface area contributed by atoms with E-state index in [1.165, 1.54) is 12.1 Å². The minimum atomic E-state index is -4.64. The number of nitrogens with one attached hydrogen (secondary N) is 2. The summed E-state index contributed by atoms with van der Waals surface area (Å²) in [4.78, 5) is 28.3. The first-order valence-corrected chi connectivity index (χ1v) is 10.3. The summed E-state index contributed by atoms with van der Waals surface area (Å²) in [5, 5.41) is 14.5. The Balaban J connectivity index is 1.87. The van der Waals surface area contributed by atoms with Crippen molar-refractivity contribution in [2.24, 2.45) is 11.3 Å². The molecule has 2 aliphatic rings. The third kappa shape index (κ3) is 4.40. The second kappa shape index (κ2) is 8.65. The van der Waals surface area contributed by atoms with Gasteiger partial charge in [0.25, 0.3) is 0 Å². The van der Waals surface area contributed by atoms with Gasteiger partial charge in [-0.1, -0.05) is 0 Å². The molecule has 3 amide bonds. The van der Waals surface area contributed by atoms with Crippen LogP contribution in [0.15, 0.2) is 18.2 Å². The van der Waals surface area contributed by atoms with Crippen molar-refractivity contribution < 1.29 is 22.8 Å². The van der Waals surface area contributed by atoms with Gasteiger partial charge in [0.15, 0.2) is 0 Å². The Morgan fingerprint density at radius 3 is 2.52 bits per heavy atom. The van der Waals surface area contributed by atoms with Crippen LogP contribution >= 0.6 is 0 Å². The summed E-state index contributed by atoms with van der Waals surface area (Å²) in [7, 11) is 1.55. The van der Waals surface area contributed by atoms with E-state index in [1.54, 1.807) is 22.9 Å². The highest BCUT2D eigenvalue weighted by Crippen LogP contribution is 2.47. The maximum Gasteiger partial charge on any atom is 0.417 e. The maximum atomic E-state index is 13.4. The van der Waals surface area contributed by atoms with E-state index in [0.29, 0.717) is 44.7 Å². The van der Waals surface area contributed by atoms with Crippen LogP contribution in [0.1, 0.15) is 30.9 Å². The topological polar surface area (TPSA) is 88.5 Å². The summed E-state index contributed by atoms with van der Waals surface area (Å²) >= 11 is 0. The highest BCUT2D eigenvalue weighted by atomic mass is 19.4. The number of hydrogen-bond acceptors (Lipinski definition) is 4. The molecule has 10 heteroatoms. The molecule has 7 nitrogen and oxygen atoms in total. The van der Waals surface area contributed by atoms with E-state index < -0.39 is 28.6 Å². The second-order valence-electron chi connectivity index (χ2n) is 8.07. The summed E-state index contributed by atoms with van der Waals surface area (Å²) in [6.07, 6.45) is -3.47. The first-order chi connectivity index (χ1) is 14.6. The van der Waals surface area contributed by atoms with E-state index in [2.05, 4.69) is 10.6 Å². The van der Waals surface area contributed by atoms with Crippen molar-refractivity contribution in [1.29, 1.82) is 5.26 Å². The van der Waals surface area contributed by atoms with Crippen LogP contribution in [0, 0.1) is 22.7 Å². The quantitative estimate of drug-likeness (QED) is 0.761. The molecule has 0 saturated carbocycles. The predicted molar refractivity (Wildman–Crippen MR) is 108 cm³/mol. The number of alkyl halides is 3. The van der Waals surface area contributed by atoms with Crippen LogP contribution in [0.2, 0.25) is 0 Å². The van der Waals surface area contributed by atoms with E-state index in [0.717, 1.165) is 6.07 Å². The lowest BCUT2D eigenvalue weighted by molar-refractivity contribution is -0.137. The van der Waals surface area contributed by atoms with Gasteiger partial charge in [0, 0.05) is 50.9 Å². The maximum absolute atomic E-state index is 13.4. The molecule has 1 aromatic carbocycles. The van der Waals surface area contributed by atoms with Gasteiger partial charge in [-0.3, -0.25) is 4.79 Å². The van der Waals surface area contributed by atoms with E-state index in [9.17, 15) is 22.8 Å². The first kappa shape index (κ1) is 22.7. The smallest absolute Gasteiger partial charge is 0.370 e. The molecule has 0 aliphatic carbocycles. The number of rotatable bonds is 3. The van der Waals surface area contributed by atoms with Gasteiger partial charge in [-0.2, -0.15) is 18.4 Å². The van der Waals surface area contributed by atoms with Crippen molar-refractivity contribution in [2.75, 3.05) is 44.7 Å². The molecule has 0 aromatic heterocycles. The number of nitrogens with zero attached hydrogens (tertiary/aromatic N) is 3. The minimum Gasteiger partial charge on any atom is -0.370 e. The summed E-state index contributed by atoms with van der Waals surface area (Å²) in [5.74, 6) is -0.558. The standard InChI is InChI=1S/C21H26F3N5O2/c1-3-27-19(31)28-8-6-20(7-9-28)13-29(12-17(20)18(30)26-2)15-5-4-14(11-25)16(10-15)21(22,23)24/h4-5,10,17H,3,6-9,12-13H2,1-2H3,(H,26,30)(H,27,31). The fraction of sp³-hybridized carbons (Fsp3) is 0.571. The molecule has 1 spiro atoms. The third-order valence-electron chi connectivity index (χ3n) is 6.38. The molecule has 2 saturated heterocycles. The van der Waals surface area contributed by atoms with E-state index in [4.69, 9.17) is 5.26 Å². The number of benzene rings is 1. The number of amides is 3. The average Bonchev–Trinajstić information content (AvgIpc) is 3.11. The Morgan fingerprint density at radius 1 is 1.29 bits per heavy atom. The van der Waals surface area contributed by atoms with Gasteiger partial charge in [0.05, 0.1) is 23.1 Å². The number of likely N-dealkylation sites (tertiary alicyclic amines) is 1. The molecule has 1 atom stereocenters. The number of halogens is 3. The van der Waals surface area contributed by atoms with Gasteiger partial charge in [-0.15, -0.1) is 0 Å². The van der Waals surface area contributed by atoms with Gasteiger partial charge < -0.3 is 20.4 Å². The minimum absolute atomic E-state index is 0.148. The van der Waals surface area contributed by atoms with Crippen LogP contribution < -0.4 is 15.5 Å². The summed E-state index contributed by atoms with van der Waals surface area (Å²) in [6, 6.07) is 5.11. The highest BCUT2D eigenvalue weighted by molar-refractivity contribution is 5.81. The molecule has 0 radical (unpaired) electrons. The number of carbonyl (C=O) groups is 2. The van der Waals surface area contributed by atoms with E-state index in [1.807, 2.05) is 6.92 Å². The lowest BCUT2D eigenvalue weighted by Crippen LogP contribution is -2.51. The molecule has 2 aliphatic heterocycles. The van der Waals surface area contributed by atoms with Crippen molar-refractivity contribution in [3.05, 3.63) is 29.3 Å². The number of hydrogen-bond donors (Lipinski definition) is 2. The fourth-order valence-electron chi connectivity index (χ4n) is 4.69. The zero-order valence-corrected chi connectivity index (χ0v) is 17.6. The van der Waals surface area contributed by atoms with Crippen molar-refractivity contribution in [3.8, 4) is 6.07 Å². The molecule has 31 heavy (non-hydrogen) atoms. The van der Waals surface area contributed by atoms with Gasteiger partial charge in [-0.25, -0.2) is 4.79 Å². The number of piperidine rings is 1. The van der Waals surface area contributed by atoms with Crippen LogP contribution in [0.3, 0.4) is 0 Å². The first-order valence-electron chi connectivity index (χ1n) is 10.3. The number of urea groups is 1. The molecule has 1 aromatic rings. The average molecular weight is 437 g/mol. The van der Waals surface area contributed by atoms with Crippen molar-refractivity contribution >= 4 is 17.6 Å². The van der Waals surface area contributed by atoms with Gasteiger partial charge in [-0.05, 0) is 38.0 Å². The molecule has 3 rings (SSSR count). The van der Waals surface area contributed by atoms with Crippen LogP contribution in [0.4, 0.5) is 23.7 Å². The zero-order valence-electron chi connectivity index (χ0n) is 17.6. The second-order valence-corrected chi connectivity index (χ2v) is 8.07. The van der Waals surface area contributed by atoms with Crippen molar-refractivity contribution in [3.63, 3.8) is 0 Å². The van der Waals surface area contributed by atoms with Crippen molar-refractivity contribution in [1.82, 2.24) is 15.5 Å². The lowest BCUT2D eigenvalue weighted by Gasteiger charge is -2.41. The van der Waals surface area contributed by atoms with Gasteiger partial charge in [0.2, 0.25) is 5.91 Å². The SMILES string of the molecule is CCNC(=O)N1CCC2(CC1)CN(c1ccc(C#N)c(C(F)(F)F)c1)CC2C(=O)NC. The van der Waals surface area contributed by atoms with E-state index in [-0.39, 0.29) is 18.5 Å².